The summed E-state index contributed by atoms with van der Waals surface area (Å²) >= 11 is 0. The van der Waals surface area contributed by atoms with E-state index in [1.807, 2.05) is 0 Å². The van der Waals surface area contributed by atoms with Gasteiger partial charge in [0, 0.05) is 5.56 Å². The van der Waals surface area contributed by atoms with E-state index in [9.17, 15) is 14.3 Å². The Morgan fingerprint density at radius 1 is 1.21 bits per heavy atom. The normalized spacial score (nSPS) is 10.6. The summed E-state index contributed by atoms with van der Waals surface area (Å²) in [6.07, 6.45) is 1.39. The van der Waals surface area contributed by atoms with Crippen LogP contribution in [0.3, 0.4) is 0 Å². The van der Waals surface area contributed by atoms with Gasteiger partial charge >= 0.3 is 0 Å². The molecule has 0 bridgehead atoms. The molecule has 2 rings (SSSR count). The van der Waals surface area contributed by atoms with Gasteiger partial charge < -0.3 is 5.11 Å². The fourth-order valence-corrected chi connectivity index (χ4v) is 1.46. The summed E-state index contributed by atoms with van der Waals surface area (Å²) in [5.41, 5.74) is 3.10. The third-order valence-electron chi connectivity index (χ3n) is 2.34. The number of carbonyl (C=O) groups is 1. The van der Waals surface area contributed by atoms with Gasteiger partial charge in [-0.15, -0.1) is 0 Å². The molecule has 0 aliphatic carbocycles. The molecular weight excluding hydrogens is 247 g/mol. The van der Waals surface area contributed by atoms with Crippen LogP contribution < -0.4 is 5.43 Å². The maximum absolute atomic E-state index is 12.9. The van der Waals surface area contributed by atoms with Gasteiger partial charge in [-0.2, -0.15) is 5.10 Å². The van der Waals surface area contributed by atoms with Crippen molar-refractivity contribution in [3.8, 4) is 5.75 Å². The van der Waals surface area contributed by atoms with Gasteiger partial charge in [-0.05, 0) is 35.9 Å². The second-order valence-corrected chi connectivity index (χ2v) is 3.80. The molecule has 96 valence electrons. The molecule has 0 heterocycles. The van der Waals surface area contributed by atoms with Crippen LogP contribution in [-0.2, 0) is 0 Å². The first kappa shape index (κ1) is 12.8. The zero-order valence-corrected chi connectivity index (χ0v) is 9.88. The van der Waals surface area contributed by atoms with Gasteiger partial charge in [-0.25, -0.2) is 9.82 Å². The van der Waals surface area contributed by atoms with Crippen molar-refractivity contribution >= 4 is 12.1 Å². The molecule has 0 spiro atoms. The average Bonchev–Trinajstić information content (AvgIpc) is 2.38. The lowest BCUT2D eigenvalue weighted by Gasteiger charge is -1.99. The van der Waals surface area contributed by atoms with Gasteiger partial charge in [0.05, 0.1) is 6.21 Å². The molecule has 0 saturated heterocycles. The number of hydrogen-bond acceptors (Lipinski definition) is 3. The summed E-state index contributed by atoms with van der Waals surface area (Å²) < 4.78 is 12.9. The first-order valence-electron chi connectivity index (χ1n) is 5.53. The zero-order valence-electron chi connectivity index (χ0n) is 9.88. The van der Waals surface area contributed by atoms with E-state index in [4.69, 9.17) is 0 Å². The molecule has 0 fully saturated rings. The van der Waals surface area contributed by atoms with E-state index in [-0.39, 0.29) is 11.3 Å². The smallest absolute Gasteiger partial charge is 0.271 e. The molecule has 0 unspecified atom stereocenters. The SMILES string of the molecule is O=C(N/N=C/c1cccc(O)c1)c1cccc(F)c1. The highest BCUT2D eigenvalue weighted by Gasteiger charge is 2.04. The number of halogens is 1. The summed E-state index contributed by atoms with van der Waals surface area (Å²) in [5.74, 6) is -0.874. The van der Waals surface area contributed by atoms with Crippen molar-refractivity contribution in [1.29, 1.82) is 0 Å². The third kappa shape index (κ3) is 3.64. The van der Waals surface area contributed by atoms with Crippen LogP contribution >= 0.6 is 0 Å². The maximum atomic E-state index is 12.9. The fraction of sp³-hybridized carbons (Fsp3) is 0. The lowest BCUT2D eigenvalue weighted by molar-refractivity contribution is 0.0954. The van der Waals surface area contributed by atoms with E-state index >= 15 is 0 Å². The van der Waals surface area contributed by atoms with E-state index in [1.54, 1.807) is 12.1 Å². The number of rotatable bonds is 3. The molecule has 4 nitrogen and oxygen atoms in total. The van der Waals surface area contributed by atoms with Crippen LogP contribution in [0.1, 0.15) is 15.9 Å². The number of aromatic hydroxyl groups is 1. The Morgan fingerprint density at radius 3 is 2.74 bits per heavy atom. The number of hydrazone groups is 1. The molecule has 2 aromatic rings. The van der Waals surface area contributed by atoms with Crippen LogP contribution in [0.4, 0.5) is 4.39 Å². The van der Waals surface area contributed by atoms with Crippen molar-refractivity contribution in [2.24, 2.45) is 5.10 Å². The summed E-state index contributed by atoms with van der Waals surface area (Å²) in [6.45, 7) is 0. The van der Waals surface area contributed by atoms with Crippen LogP contribution in [-0.4, -0.2) is 17.2 Å². The highest BCUT2D eigenvalue weighted by atomic mass is 19.1. The summed E-state index contributed by atoms with van der Waals surface area (Å²) in [5, 5.41) is 13.0. The van der Waals surface area contributed by atoms with E-state index in [1.165, 1.54) is 36.5 Å². The molecule has 2 aromatic carbocycles. The van der Waals surface area contributed by atoms with Crippen molar-refractivity contribution in [1.82, 2.24) is 5.43 Å². The van der Waals surface area contributed by atoms with Gasteiger partial charge in [0.15, 0.2) is 0 Å². The summed E-state index contributed by atoms with van der Waals surface area (Å²) in [7, 11) is 0. The topological polar surface area (TPSA) is 61.7 Å². The highest BCUT2D eigenvalue weighted by Crippen LogP contribution is 2.08. The number of carbonyl (C=O) groups excluding carboxylic acids is 1. The molecule has 2 N–H and O–H groups in total. The quantitative estimate of drug-likeness (QED) is 0.655. The predicted octanol–water partition coefficient (Wildman–Crippen LogP) is 2.30. The lowest BCUT2D eigenvalue weighted by atomic mass is 10.2. The number of amides is 1. The Morgan fingerprint density at radius 2 is 2.00 bits per heavy atom. The van der Waals surface area contributed by atoms with Crippen LogP contribution in [0.25, 0.3) is 0 Å². The van der Waals surface area contributed by atoms with Gasteiger partial charge in [-0.1, -0.05) is 18.2 Å². The Kier molecular flexibility index (Phi) is 3.87. The maximum Gasteiger partial charge on any atom is 0.271 e. The summed E-state index contributed by atoms with van der Waals surface area (Å²) in [4.78, 5) is 11.6. The number of nitrogens with zero attached hydrogens (tertiary/aromatic N) is 1. The number of benzene rings is 2. The van der Waals surface area contributed by atoms with Crippen molar-refractivity contribution in [3.05, 3.63) is 65.5 Å². The van der Waals surface area contributed by atoms with Gasteiger partial charge in [0.1, 0.15) is 11.6 Å². The Hall–Kier alpha value is -2.69. The first-order chi connectivity index (χ1) is 9.15. The molecule has 0 aliphatic rings. The van der Waals surface area contributed by atoms with Crippen molar-refractivity contribution in [2.75, 3.05) is 0 Å². The number of nitrogens with one attached hydrogen (secondary N) is 1. The van der Waals surface area contributed by atoms with Crippen molar-refractivity contribution in [3.63, 3.8) is 0 Å². The number of hydrogen-bond donors (Lipinski definition) is 2. The van der Waals surface area contributed by atoms with Crippen LogP contribution in [0.2, 0.25) is 0 Å². The van der Waals surface area contributed by atoms with Crippen LogP contribution in [0, 0.1) is 5.82 Å². The average molecular weight is 258 g/mol. The molecule has 5 heteroatoms. The predicted molar refractivity (Wildman–Crippen MR) is 69.6 cm³/mol. The monoisotopic (exact) mass is 258 g/mol. The van der Waals surface area contributed by atoms with Gasteiger partial charge in [0.25, 0.3) is 5.91 Å². The van der Waals surface area contributed by atoms with E-state index in [0.717, 1.165) is 6.07 Å². The molecule has 0 radical (unpaired) electrons. The second kappa shape index (κ2) is 5.77. The zero-order chi connectivity index (χ0) is 13.7. The molecule has 19 heavy (non-hydrogen) atoms. The summed E-state index contributed by atoms with van der Waals surface area (Å²) in [6, 6.07) is 11.7. The van der Waals surface area contributed by atoms with E-state index in [2.05, 4.69) is 10.5 Å². The Labute approximate surface area is 109 Å². The minimum Gasteiger partial charge on any atom is -0.508 e. The Balaban J connectivity index is 2.01. The molecule has 0 saturated carbocycles. The minimum atomic E-state index is -0.504. The molecule has 0 atom stereocenters. The fourth-order valence-electron chi connectivity index (χ4n) is 1.46. The van der Waals surface area contributed by atoms with Gasteiger partial charge in [0.2, 0.25) is 0 Å². The Bertz CT molecular complexity index is 626. The van der Waals surface area contributed by atoms with Crippen molar-refractivity contribution < 1.29 is 14.3 Å². The van der Waals surface area contributed by atoms with Crippen LogP contribution in [0.15, 0.2) is 53.6 Å². The van der Waals surface area contributed by atoms with E-state index < -0.39 is 11.7 Å². The second-order valence-electron chi connectivity index (χ2n) is 3.80. The molecule has 0 aliphatic heterocycles. The van der Waals surface area contributed by atoms with E-state index in [0.29, 0.717) is 5.56 Å². The third-order valence-corrected chi connectivity index (χ3v) is 2.34. The van der Waals surface area contributed by atoms with Gasteiger partial charge in [-0.3, -0.25) is 4.79 Å². The number of phenols is 1. The minimum absolute atomic E-state index is 0.111. The molecule has 1 amide bonds. The lowest BCUT2D eigenvalue weighted by Crippen LogP contribution is -2.17. The molecule has 0 aromatic heterocycles. The highest BCUT2D eigenvalue weighted by molar-refractivity contribution is 5.94. The van der Waals surface area contributed by atoms with Crippen molar-refractivity contribution in [2.45, 2.75) is 0 Å². The number of phenolic OH excluding ortho intramolecular Hbond substituents is 1. The molecular formula is C14H11FN2O2. The van der Waals surface area contributed by atoms with Crippen LogP contribution in [0.5, 0.6) is 5.75 Å². The largest absolute Gasteiger partial charge is 0.508 e. The standard InChI is InChI=1S/C14H11FN2O2/c15-12-5-2-4-11(8-12)14(19)17-16-9-10-3-1-6-13(18)7-10/h1-9,18H,(H,17,19)/b16-9+. The first-order valence-corrected chi connectivity index (χ1v) is 5.53.